The molecule has 1 aromatic heterocycles. The van der Waals surface area contributed by atoms with E-state index in [2.05, 4.69) is 19.2 Å². The van der Waals surface area contributed by atoms with Gasteiger partial charge in [-0.05, 0) is 43.7 Å². The topological polar surface area (TPSA) is 25.2 Å². The number of benzene rings is 1. The Bertz CT molecular complexity index is 514. The summed E-state index contributed by atoms with van der Waals surface area (Å²) < 4.78 is 18.8. The quantitative estimate of drug-likeness (QED) is 0.806. The van der Waals surface area contributed by atoms with Gasteiger partial charge in [0.15, 0.2) is 0 Å². The van der Waals surface area contributed by atoms with Gasteiger partial charge in [0.2, 0.25) is 0 Å². The van der Waals surface area contributed by atoms with Gasteiger partial charge in [0.25, 0.3) is 0 Å². The summed E-state index contributed by atoms with van der Waals surface area (Å²) in [6.45, 7) is 5.33. The van der Waals surface area contributed by atoms with Crippen molar-refractivity contribution in [3.8, 4) is 0 Å². The molecular formula is C16H22FNO. The Morgan fingerprint density at radius 2 is 2.05 bits per heavy atom. The molecule has 2 aromatic rings. The van der Waals surface area contributed by atoms with Crippen LogP contribution < -0.4 is 5.32 Å². The maximum absolute atomic E-state index is 13.1. The minimum Gasteiger partial charge on any atom is -0.461 e. The lowest BCUT2D eigenvalue weighted by atomic mass is 10.1. The molecule has 0 spiro atoms. The Morgan fingerprint density at radius 3 is 2.79 bits per heavy atom. The van der Waals surface area contributed by atoms with Crippen LogP contribution in [0.15, 0.2) is 28.7 Å². The monoisotopic (exact) mass is 263 g/mol. The Morgan fingerprint density at radius 1 is 1.21 bits per heavy atom. The minimum absolute atomic E-state index is 0.212. The summed E-state index contributed by atoms with van der Waals surface area (Å²) in [5.41, 5.74) is 0.770. The van der Waals surface area contributed by atoms with Crippen molar-refractivity contribution in [3.05, 3.63) is 35.8 Å². The van der Waals surface area contributed by atoms with E-state index >= 15 is 0 Å². The van der Waals surface area contributed by atoms with Gasteiger partial charge < -0.3 is 9.73 Å². The van der Waals surface area contributed by atoms with E-state index in [-0.39, 0.29) is 5.82 Å². The zero-order valence-corrected chi connectivity index (χ0v) is 11.7. The molecule has 0 amide bonds. The summed E-state index contributed by atoms with van der Waals surface area (Å²) in [6, 6.07) is 7.15. The van der Waals surface area contributed by atoms with Crippen LogP contribution in [0, 0.1) is 5.82 Å². The van der Waals surface area contributed by atoms with Crippen molar-refractivity contribution in [3.63, 3.8) is 0 Å². The maximum atomic E-state index is 13.1. The van der Waals surface area contributed by atoms with Crippen molar-refractivity contribution in [2.45, 2.75) is 45.6 Å². The average molecular weight is 263 g/mol. The molecule has 0 radical (unpaired) electrons. The van der Waals surface area contributed by atoms with E-state index in [1.54, 1.807) is 6.07 Å². The third-order valence-corrected chi connectivity index (χ3v) is 3.40. The minimum atomic E-state index is -0.212. The molecule has 1 aromatic carbocycles. The first-order valence-corrected chi connectivity index (χ1v) is 7.14. The van der Waals surface area contributed by atoms with Gasteiger partial charge in [0.1, 0.15) is 17.2 Å². The molecule has 0 aliphatic rings. The van der Waals surface area contributed by atoms with E-state index in [0.29, 0.717) is 6.04 Å². The number of hydrogen-bond acceptors (Lipinski definition) is 2. The summed E-state index contributed by atoms with van der Waals surface area (Å²) in [5, 5.41) is 4.35. The molecule has 3 heteroatoms. The van der Waals surface area contributed by atoms with Crippen LogP contribution in [0.4, 0.5) is 4.39 Å². The molecule has 0 fully saturated rings. The number of furan rings is 1. The van der Waals surface area contributed by atoms with Crippen molar-refractivity contribution in [2.24, 2.45) is 0 Å². The molecule has 1 N–H and O–H groups in total. The number of nitrogens with one attached hydrogen (secondary N) is 1. The molecule has 2 rings (SSSR count). The van der Waals surface area contributed by atoms with Gasteiger partial charge in [-0.15, -0.1) is 0 Å². The summed E-state index contributed by atoms with van der Waals surface area (Å²) in [6.07, 6.45) is 4.32. The normalized spacial score (nSPS) is 13.0. The molecule has 1 atom stereocenters. The number of rotatable bonds is 7. The second-order valence-electron chi connectivity index (χ2n) is 4.98. The molecule has 0 bridgehead atoms. The highest BCUT2D eigenvalue weighted by Gasteiger charge is 2.09. The van der Waals surface area contributed by atoms with Crippen molar-refractivity contribution < 1.29 is 8.81 Å². The van der Waals surface area contributed by atoms with Crippen LogP contribution in [0.1, 0.15) is 38.9 Å². The van der Waals surface area contributed by atoms with Crippen molar-refractivity contribution in [1.29, 1.82) is 0 Å². The number of halogens is 1. The summed E-state index contributed by atoms with van der Waals surface area (Å²) in [5.74, 6) is 0.732. The summed E-state index contributed by atoms with van der Waals surface area (Å²) in [4.78, 5) is 0. The van der Waals surface area contributed by atoms with Crippen molar-refractivity contribution in [1.82, 2.24) is 5.32 Å². The first kappa shape index (κ1) is 14.1. The zero-order chi connectivity index (χ0) is 13.7. The summed E-state index contributed by atoms with van der Waals surface area (Å²) in [7, 11) is 0. The predicted molar refractivity (Wildman–Crippen MR) is 76.9 cm³/mol. The molecule has 104 valence electrons. The molecule has 1 heterocycles. The lowest BCUT2D eigenvalue weighted by molar-refractivity contribution is 0.437. The van der Waals surface area contributed by atoms with Crippen LogP contribution in [-0.2, 0) is 6.42 Å². The van der Waals surface area contributed by atoms with Gasteiger partial charge >= 0.3 is 0 Å². The Hall–Kier alpha value is -1.35. The van der Waals surface area contributed by atoms with Crippen molar-refractivity contribution >= 4 is 11.0 Å². The third-order valence-electron chi connectivity index (χ3n) is 3.40. The lowest BCUT2D eigenvalue weighted by Gasteiger charge is -2.15. The second kappa shape index (κ2) is 6.71. The van der Waals surface area contributed by atoms with Crippen LogP contribution in [-0.4, -0.2) is 12.6 Å². The van der Waals surface area contributed by atoms with Gasteiger partial charge in [0.05, 0.1) is 0 Å². The summed E-state index contributed by atoms with van der Waals surface area (Å²) >= 11 is 0. The van der Waals surface area contributed by atoms with Crippen LogP contribution in [0.3, 0.4) is 0 Å². The molecule has 1 unspecified atom stereocenters. The SMILES string of the molecule is CCCC(CCc1cc2cc(F)ccc2o1)NCC. The van der Waals surface area contributed by atoms with E-state index in [9.17, 15) is 4.39 Å². The van der Waals surface area contributed by atoms with Gasteiger partial charge in [-0.3, -0.25) is 0 Å². The van der Waals surface area contributed by atoms with Gasteiger partial charge in [0, 0.05) is 17.8 Å². The van der Waals surface area contributed by atoms with Gasteiger partial charge in [-0.1, -0.05) is 20.3 Å². The van der Waals surface area contributed by atoms with E-state index in [1.165, 1.54) is 25.0 Å². The van der Waals surface area contributed by atoms with Crippen molar-refractivity contribution in [2.75, 3.05) is 6.54 Å². The van der Waals surface area contributed by atoms with Crippen LogP contribution in [0.25, 0.3) is 11.0 Å². The molecular weight excluding hydrogens is 241 g/mol. The molecule has 19 heavy (non-hydrogen) atoms. The van der Waals surface area contributed by atoms with Crippen LogP contribution >= 0.6 is 0 Å². The fraction of sp³-hybridized carbons (Fsp3) is 0.500. The Balaban J connectivity index is 2.00. The van der Waals surface area contributed by atoms with E-state index in [4.69, 9.17) is 4.42 Å². The third kappa shape index (κ3) is 3.80. The largest absolute Gasteiger partial charge is 0.461 e. The highest BCUT2D eigenvalue weighted by molar-refractivity contribution is 5.77. The highest BCUT2D eigenvalue weighted by atomic mass is 19.1. The molecule has 0 aliphatic carbocycles. The van der Waals surface area contributed by atoms with Gasteiger partial charge in [-0.25, -0.2) is 4.39 Å². The zero-order valence-electron chi connectivity index (χ0n) is 11.7. The maximum Gasteiger partial charge on any atom is 0.134 e. The Labute approximate surface area is 114 Å². The first-order chi connectivity index (χ1) is 9.22. The van der Waals surface area contributed by atoms with Gasteiger partial charge in [-0.2, -0.15) is 0 Å². The predicted octanol–water partition coefficient (Wildman–Crippen LogP) is 4.28. The lowest BCUT2D eigenvalue weighted by Crippen LogP contribution is -2.29. The fourth-order valence-electron chi connectivity index (χ4n) is 2.49. The number of hydrogen-bond donors (Lipinski definition) is 1. The first-order valence-electron chi connectivity index (χ1n) is 7.14. The highest BCUT2D eigenvalue weighted by Crippen LogP contribution is 2.21. The Kier molecular flexibility index (Phi) is 4.97. The molecule has 0 saturated heterocycles. The van der Waals surface area contributed by atoms with Crippen LogP contribution in [0.2, 0.25) is 0 Å². The van der Waals surface area contributed by atoms with E-state index in [0.717, 1.165) is 36.1 Å². The van der Waals surface area contributed by atoms with E-state index in [1.807, 2.05) is 6.07 Å². The second-order valence-corrected chi connectivity index (χ2v) is 4.98. The van der Waals surface area contributed by atoms with Crippen LogP contribution in [0.5, 0.6) is 0 Å². The fourth-order valence-corrected chi connectivity index (χ4v) is 2.49. The average Bonchev–Trinajstić information content (AvgIpc) is 2.78. The number of fused-ring (bicyclic) bond motifs is 1. The molecule has 2 nitrogen and oxygen atoms in total. The molecule has 0 saturated carbocycles. The van der Waals surface area contributed by atoms with E-state index < -0.39 is 0 Å². The number of aryl methyl sites for hydroxylation is 1. The standard InChI is InChI=1S/C16H22FNO/c1-3-5-14(18-4-2)7-8-15-11-12-10-13(17)6-9-16(12)19-15/h6,9-11,14,18H,3-5,7-8H2,1-2H3. The smallest absolute Gasteiger partial charge is 0.134 e. The molecule has 0 aliphatic heterocycles.